The van der Waals surface area contributed by atoms with Crippen molar-refractivity contribution in [1.29, 1.82) is 0 Å². The first kappa shape index (κ1) is 17.3. The molecule has 0 aliphatic heterocycles. The molecule has 0 fully saturated rings. The molecule has 3 rings (SSSR count). The SMILES string of the molecule is Cc1ccccc1OCC(O)Cn1c(C(F)(F)F)nc2ccccc21. The largest absolute Gasteiger partial charge is 0.491 e. The number of halogens is 3. The first-order chi connectivity index (χ1) is 11.9. The summed E-state index contributed by atoms with van der Waals surface area (Å²) in [4.78, 5) is 3.66. The molecule has 0 aliphatic rings. The number of aliphatic hydroxyl groups is 1. The van der Waals surface area contributed by atoms with Crippen molar-refractivity contribution in [3.8, 4) is 5.75 Å². The highest BCUT2D eigenvalue weighted by Crippen LogP contribution is 2.31. The van der Waals surface area contributed by atoms with Crippen LogP contribution in [0.4, 0.5) is 13.2 Å². The standard InChI is InChI=1S/C18H17F3N2O2/c1-12-6-2-5-9-16(12)25-11-13(24)10-23-15-8-4-3-7-14(15)22-17(23)18(19,20)21/h2-9,13,24H,10-11H2,1H3. The van der Waals surface area contributed by atoms with Gasteiger partial charge in [0.05, 0.1) is 17.6 Å². The summed E-state index contributed by atoms with van der Waals surface area (Å²) in [6, 6.07) is 13.6. The van der Waals surface area contributed by atoms with E-state index in [0.717, 1.165) is 10.1 Å². The number of aryl methyl sites for hydroxylation is 1. The van der Waals surface area contributed by atoms with Crippen LogP contribution in [0.5, 0.6) is 5.75 Å². The van der Waals surface area contributed by atoms with Gasteiger partial charge in [0.2, 0.25) is 5.82 Å². The van der Waals surface area contributed by atoms with Crippen LogP contribution >= 0.6 is 0 Å². The summed E-state index contributed by atoms with van der Waals surface area (Å²) in [6.07, 6.45) is -5.71. The second kappa shape index (κ2) is 6.76. The second-order valence-corrected chi connectivity index (χ2v) is 5.76. The molecule has 1 atom stereocenters. The monoisotopic (exact) mass is 350 g/mol. The topological polar surface area (TPSA) is 47.3 Å². The van der Waals surface area contributed by atoms with Gasteiger partial charge in [-0.15, -0.1) is 0 Å². The molecule has 25 heavy (non-hydrogen) atoms. The minimum Gasteiger partial charge on any atom is -0.491 e. The quantitative estimate of drug-likeness (QED) is 0.761. The third-order valence-electron chi connectivity index (χ3n) is 3.83. The highest BCUT2D eigenvalue weighted by atomic mass is 19.4. The molecule has 1 heterocycles. The van der Waals surface area contributed by atoms with E-state index >= 15 is 0 Å². The fourth-order valence-electron chi connectivity index (χ4n) is 2.64. The van der Waals surface area contributed by atoms with Gasteiger partial charge >= 0.3 is 6.18 Å². The number of hydrogen-bond donors (Lipinski definition) is 1. The summed E-state index contributed by atoms with van der Waals surface area (Å²) in [7, 11) is 0. The number of hydrogen-bond acceptors (Lipinski definition) is 3. The predicted molar refractivity (Wildman–Crippen MR) is 87.4 cm³/mol. The Morgan fingerprint density at radius 3 is 2.52 bits per heavy atom. The van der Waals surface area contributed by atoms with E-state index in [9.17, 15) is 18.3 Å². The lowest BCUT2D eigenvalue weighted by molar-refractivity contribution is -0.147. The van der Waals surface area contributed by atoms with Crippen LogP contribution in [0.25, 0.3) is 11.0 Å². The Labute approximate surface area is 142 Å². The molecule has 0 saturated carbocycles. The van der Waals surface area contributed by atoms with E-state index < -0.39 is 18.1 Å². The van der Waals surface area contributed by atoms with E-state index in [1.54, 1.807) is 30.3 Å². The molecule has 7 heteroatoms. The van der Waals surface area contributed by atoms with Crippen molar-refractivity contribution in [2.45, 2.75) is 25.7 Å². The van der Waals surface area contributed by atoms with Crippen molar-refractivity contribution in [2.75, 3.05) is 6.61 Å². The molecule has 0 amide bonds. The van der Waals surface area contributed by atoms with E-state index in [1.165, 1.54) is 6.07 Å². The van der Waals surface area contributed by atoms with Gasteiger partial charge in [0.1, 0.15) is 18.5 Å². The number of rotatable bonds is 5. The average Bonchev–Trinajstić information content (AvgIpc) is 2.93. The van der Waals surface area contributed by atoms with Crippen molar-refractivity contribution in [3.05, 3.63) is 59.9 Å². The number of nitrogens with zero attached hydrogens (tertiary/aromatic N) is 2. The van der Waals surface area contributed by atoms with Gasteiger partial charge in [0.15, 0.2) is 0 Å². The maximum atomic E-state index is 13.2. The maximum absolute atomic E-state index is 13.2. The Hall–Kier alpha value is -2.54. The van der Waals surface area contributed by atoms with Gasteiger partial charge < -0.3 is 14.4 Å². The lowest BCUT2D eigenvalue weighted by Gasteiger charge is -2.17. The average molecular weight is 350 g/mol. The van der Waals surface area contributed by atoms with Gasteiger partial charge in [-0.2, -0.15) is 13.2 Å². The minimum atomic E-state index is -4.60. The fourth-order valence-corrected chi connectivity index (χ4v) is 2.64. The van der Waals surface area contributed by atoms with Crippen LogP contribution in [0, 0.1) is 6.92 Å². The number of aliphatic hydroxyl groups excluding tert-OH is 1. The smallest absolute Gasteiger partial charge is 0.449 e. The predicted octanol–water partition coefficient (Wildman–Crippen LogP) is 3.80. The van der Waals surface area contributed by atoms with Crippen molar-refractivity contribution in [1.82, 2.24) is 9.55 Å². The van der Waals surface area contributed by atoms with Crippen molar-refractivity contribution in [3.63, 3.8) is 0 Å². The molecule has 0 aliphatic carbocycles. The van der Waals surface area contributed by atoms with Crippen LogP contribution < -0.4 is 4.74 Å². The third-order valence-corrected chi connectivity index (χ3v) is 3.83. The molecule has 2 aromatic carbocycles. The molecular formula is C18H17F3N2O2. The van der Waals surface area contributed by atoms with E-state index in [-0.39, 0.29) is 18.7 Å². The number of ether oxygens (including phenoxy) is 1. The molecule has 4 nitrogen and oxygen atoms in total. The lowest BCUT2D eigenvalue weighted by atomic mass is 10.2. The summed E-state index contributed by atoms with van der Waals surface area (Å²) in [6.45, 7) is 1.47. The van der Waals surface area contributed by atoms with Gasteiger partial charge in [-0.05, 0) is 30.7 Å². The third kappa shape index (κ3) is 3.76. The summed E-state index contributed by atoms with van der Waals surface area (Å²) < 4.78 is 46.2. The summed E-state index contributed by atoms with van der Waals surface area (Å²) in [5.74, 6) is -0.434. The summed E-state index contributed by atoms with van der Waals surface area (Å²) in [5.41, 5.74) is 1.45. The molecule has 0 spiro atoms. The number of para-hydroxylation sites is 3. The number of imidazole rings is 1. The van der Waals surface area contributed by atoms with Gasteiger partial charge in [0.25, 0.3) is 0 Å². The van der Waals surface area contributed by atoms with Crippen molar-refractivity contribution >= 4 is 11.0 Å². The summed E-state index contributed by atoms with van der Waals surface area (Å²) >= 11 is 0. The van der Waals surface area contributed by atoms with Crippen LogP contribution in [-0.2, 0) is 12.7 Å². The van der Waals surface area contributed by atoms with Crippen LogP contribution in [0.15, 0.2) is 48.5 Å². The molecule has 0 bridgehead atoms. The van der Waals surface area contributed by atoms with Gasteiger partial charge in [-0.1, -0.05) is 30.3 Å². The van der Waals surface area contributed by atoms with Gasteiger partial charge in [-0.3, -0.25) is 0 Å². The summed E-state index contributed by atoms with van der Waals surface area (Å²) in [5, 5.41) is 10.2. The number of benzene rings is 2. The Morgan fingerprint density at radius 1 is 1.12 bits per heavy atom. The number of aromatic nitrogens is 2. The molecule has 1 N–H and O–H groups in total. The molecule has 1 aromatic heterocycles. The van der Waals surface area contributed by atoms with E-state index in [2.05, 4.69) is 4.98 Å². The maximum Gasteiger partial charge on any atom is 0.449 e. The number of alkyl halides is 3. The van der Waals surface area contributed by atoms with Crippen LogP contribution in [0.3, 0.4) is 0 Å². The first-order valence-electron chi connectivity index (χ1n) is 7.75. The van der Waals surface area contributed by atoms with Gasteiger partial charge in [-0.25, -0.2) is 4.98 Å². The molecule has 1 unspecified atom stereocenters. The molecule has 0 radical (unpaired) electrons. The zero-order chi connectivity index (χ0) is 18.0. The van der Waals surface area contributed by atoms with E-state index in [0.29, 0.717) is 11.3 Å². The zero-order valence-electron chi connectivity index (χ0n) is 13.5. The van der Waals surface area contributed by atoms with Crippen LogP contribution in [-0.4, -0.2) is 27.4 Å². The molecular weight excluding hydrogens is 333 g/mol. The molecule has 0 saturated heterocycles. The molecule has 132 valence electrons. The second-order valence-electron chi connectivity index (χ2n) is 5.76. The highest BCUT2D eigenvalue weighted by Gasteiger charge is 2.37. The molecule has 3 aromatic rings. The Bertz CT molecular complexity index is 874. The number of fused-ring (bicyclic) bond motifs is 1. The van der Waals surface area contributed by atoms with Gasteiger partial charge in [0, 0.05) is 0 Å². The van der Waals surface area contributed by atoms with Crippen LogP contribution in [0.1, 0.15) is 11.4 Å². The van der Waals surface area contributed by atoms with Crippen LogP contribution in [0.2, 0.25) is 0 Å². The Kier molecular flexibility index (Phi) is 4.67. The highest BCUT2D eigenvalue weighted by molar-refractivity contribution is 5.76. The first-order valence-corrected chi connectivity index (χ1v) is 7.75. The van der Waals surface area contributed by atoms with Crippen molar-refractivity contribution in [2.24, 2.45) is 0 Å². The Morgan fingerprint density at radius 2 is 1.80 bits per heavy atom. The van der Waals surface area contributed by atoms with E-state index in [4.69, 9.17) is 4.74 Å². The zero-order valence-corrected chi connectivity index (χ0v) is 13.5. The minimum absolute atomic E-state index is 0.116. The Balaban J connectivity index is 1.81. The van der Waals surface area contributed by atoms with Crippen molar-refractivity contribution < 1.29 is 23.0 Å². The van der Waals surface area contributed by atoms with E-state index in [1.807, 2.05) is 19.1 Å². The lowest BCUT2D eigenvalue weighted by Crippen LogP contribution is -2.26. The normalized spacial score (nSPS) is 13.2. The fraction of sp³-hybridized carbons (Fsp3) is 0.278.